The first-order valence-electron chi connectivity index (χ1n) is 6.50. The van der Waals surface area contributed by atoms with Gasteiger partial charge in [0.05, 0.1) is 5.69 Å². The Morgan fingerprint density at radius 1 is 1.50 bits per heavy atom. The smallest absolute Gasteiger partial charge is 0.267 e. The standard InChI is InChI=1S/C12H20N4OS/c1-4-9-7-16(10(5-2)6-13-9)12(17)11-8(3)14-15-18-11/h9-10,13H,4-7H2,1-3H3. The van der Waals surface area contributed by atoms with Crippen molar-refractivity contribution >= 4 is 17.4 Å². The van der Waals surface area contributed by atoms with Crippen molar-refractivity contribution in [3.63, 3.8) is 0 Å². The molecular formula is C12H20N4OS. The van der Waals surface area contributed by atoms with Gasteiger partial charge in [-0.1, -0.05) is 18.3 Å². The monoisotopic (exact) mass is 268 g/mol. The largest absolute Gasteiger partial charge is 0.332 e. The Hall–Kier alpha value is -1.01. The van der Waals surface area contributed by atoms with Crippen LogP contribution in [-0.2, 0) is 0 Å². The summed E-state index contributed by atoms with van der Waals surface area (Å²) in [5.41, 5.74) is 0.742. The minimum absolute atomic E-state index is 0.0919. The van der Waals surface area contributed by atoms with Crippen molar-refractivity contribution in [2.45, 2.75) is 45.7 Å². The molecule has 5 nitrogen and oxygen atoms in total. The summed E-state index contributed by atoms with van der Waals surface area (Å²) in [6, 6.07) is 0.680. The van der Waals surface area contributed by atoms with Crippen LogP contribution in [0, 0.1) is 6.92 Å². The van der Waals surface area contributed by atoms with Gasteiger partial charge in [0.15, 0.2) is 0 Å². The Labute approximate surface area is 112 Å². The van der Waals surface area contributed by atoms with Crippen LogP contribution >= 0.6 is 11.5 Å². The summed E-state index contributed by atoms with van der Waals surface area (Å²) in [5, 5.41) is 7.42. The highest BCUT2D eigenvalue weighted by atomic mass is 32.1. The minimum atomic E-state index is 0.0919. The average Bonchev–Trinajstić information content (AvgIpc) is 2.83. The van der Waals surface area contributed by atoms with Gasteiger partial charge < -0.3 is 10.2 Å². The van der Waals surface area contributed by atoms with Crippen LogP contribution in [0.2, 0.25) is 0 Å². The van der Waals surface area contributed by atoms with Crippen LogP contribution in [0.4, 0.5) is 0 Å². The van der Waals surface area contributed by atoms with E-state index in [-0.39, 0.29) is 11.9 Å². The molecule has 0 radical (unpaired) electrons. The maximum atomic E-state index is 12.5. The van der Waals surface area contributed by atoms with Gasteiger partial charge in [0.25, 0.3) is 5.91 Å². The van der Waals surface area contributed by atoms with Gasteiger partial charge in [-0.3, -0.25) is 4.79 Å². The van der Waals surface area contributed by atoms with E-state index in [2.05, 4.69) is 28.8 Å². The number of hydrogen-bond donors (Lipinski definition) is 1. The zero-order valence-electron chi connectivity index (χ0n) is 11.1. The maximum absolute atomic E-state index is 12.5. The lowest BCUT2D eigenvalue weighted by molar-refractivity contribution is 0.0580. The van der Waals surface area contributed by atoms with Gasteiger partial charge in [0.2, 0.25) is 0 Å². The molecule has 100 valence electrons. The van der Waals surface area contributed by atoms with E-state index in [0.29, 0.717) is 10.9 Å². The van der Waals surface area contributed by atoms with Crippen LogP contribution in [0.5, 0.6) is 0 Å². The van der Waals surface area contributed by atoms with Crippen LogP contribution in [0.25, 0.3) is 0 Å². The van der Waals surface area contributed by atoms with Gasteiger partial charge >= 0.3 is 0 Å². The van der Waals surface area contributed by atoms with Gasteiger partial charge in [-0.15, -0.1) is 5.10 Å². The first-order valence-corrected chi connectivity index (χ1v) is 7.28. The lowest BCUT2D eigenvalue weighted by Crippen LogP contribution is -2.57. The molecule has 1 aromatic heterocycles. The van der Waals surface area contributed by atoms with Crippen molar-refractivity contribution < 1.29 is 4.79 Å². The van der Waals surface area contributed by atoms with Crippen molar-refractivity contribution in [3.05, 3.63) is 10.6 Å². The highest BCUT2D eigenvalue weighted by molar-refractivity contribution is 7.07. The molecule has 1 aliphatic rings. The summed E-state index contributed by atoms with van der Waals surface area (Å²) >= 11 is 1.20. The molecular weight excluding hydrogens is 248 g/mol. The van der Waals surface area contributed by atoms with Crippen LogP contribution in [-0.4, -0.2) is 45.6 Å². The fourth-order valence-electron chi connectivity index (χ4n) is 2.31. The lowest BCUT2D eigenvalue weighted by atomic mass is 10.0. The molecule has 1 N–H and O–H groups in total. The first-order chi connectivity index (χ1) is 8.67. The summed E-state index contributed by atoms with van der Waals surface area (Å²) in [6.45, 7) is 7.77. The number of aromatic nitrogens is 2. The van der Waals surface area contributed by atoms with E-state index in [9.17, 15) is 4.79 Å². The topological polar surface area (TPSA) is 58.1 Å². The van der Waals surface area contributed by atoms with E-state index in [1.807, 2.05) is 11.8 Å². The van der Waals surface area contributed by atoms with Crippen LogP contribution < -0.4 is 5.32 Å². The summed E-state index contributed by atoms with van der Waals surface area (Å²) in [7, 11) is 0. The molecule has 0 aliphatic carbocycles. The molecule has 1 amide bonds. The molecule has 2 unspecified atom stereocenters. The molecule has 0 saturated carbocycles. The molecule has 18 heavy (non-hydrogen) atoms. The third-order valence-corrected chi connectivity index (χ3v) is 4.39. The van der Waals surface area contributed by atoms with Crippen molar-refractivity contribution in [2.24, 2.45) is 0 Å². The quantitative estimate of drug-likeness (QED) is 0.901. The average molecular weight is 268 g/mol. The molecule has 1 saturated heterocycles. The van der Waals surface area contributed by atoms with E-state index >= 15 is 0 Å². The molecule has 2 heterocycles. The normalized spacial score (nSPS) is 24.3. The molecule has 0 bridgehead atoms. The van der Waals surface area contributed by atoms with E-state index < -0.39 is 0 Å². The number of nitrogens with one attached hydrogen (secondary N) is 1. The van der Waals surface area contributed by atoms with Crippen molar-refractivity contribution in [2.75, 3.05) is 13.1 Å². The molecule has 1 aromatic rings. The zero-order valence-corrected chi connectivity index (χ0v) is 12.0. The molecule has 2 atom stereocenters. The Kier molecular flexibility index (Phi) is 4.29. The fraction of sp³-hybridized carbons (Fsp3) is 0.750. The molecule has 0 spiro atoms. The lowest BCUT2D eigenvalue weighted by Gasteiger charge is -2.39. The predicted octanol–water partition coefficient (Wildman–Crippen LogP) is 1.45. The molecule has 2 rings (SSSR count). The maximum Gasteiger partial charge on any atom is 0.267 e. The van der Waals surface area contributed by atoms with Crippen LogP contribution in [0.15, 0.2) is 0 Å². The Balaban J connectivity index is 2.17. The highest BCUT2D eigenvalue weighted by Gasteiger charge is 2.31. The SMILES string of the molecule is CCC1CN(C(=O)c2snnc2C)C(CC)CN1. The number of amides is 1. The Morgan fingerprint density at radius 3 is 2.83 bits per heavy atom. The molecule has 1 aliphatic heterocycles. The van der Waals surface area contributed by atoms with E-state index in [4.69, 9.17) is 0 Å². The second kappa shape index (κ2) is 5.75. The van der Waals surface area contributed by atoms with Gasteiger partial charge in [-0.2, -0.15) is 0 Å². The molecule has 6 heteroatoms. The number of aryl methyl sites for hydroxylation is 1. The predicted molar refractivity (Wildman–Crippen MR) is 71.8 cm³/mol. The Morgan fingerprint density at radius 2 is 2.28 bits per heavy atom. The third-order valence-electron chi connectivity index (χ3n) is 3.57. The number of carbonyl (C=O) groups excluding carboxylic acids is 1. The minimum Gasteiger partial charge on any atom is -0.332 e. The number of carbonyl (C=O) groups is 1. The van der Waals surface area contributed by atoms with E-state index in [0.717, 1.165) is 31.6 Å². The zero-order chi connectivity index (χ0) is 13.1. The molecule has 0 aromatic carbocycles. The summed E-state index contributed by atoms with van der Waals surface area (Å²) < 4.78 is 3.86. The number of nitrogens with zero attached hydrogens (tertiary/aromatic N) is 3. The van der Waals surface area contributed by atoms with Crippen molar-refractivity contribution in [1.29, 1.82) is 0 Å². The third kappa shape index (κ3) is 2.54. The van der Waals surface area contributed by atoms with Crippen LogP contribution in [0.1, 0.15) is 42.1 Å². The first kappa shape index (κ1) is 13.4. The van der Waals surface area contributed by atoms with Gasteiger partial charge in [-0.25, -0.2) is 0 Å². The van der Waals surface area contributed by atoms with Gasteiger partial charge in [-0.05, 0) is 31.3 Å². The van der Waals surface area contributed by atoms with Gasteiger partial charge in [0, 0.05) is 25.2 Å². The summed E-state index contributed by atoms with van der Waals surface area (Å²) in [6.07, 6.45) is 2.01. The molecule has 1 fully saturated rings. The van der Waals surface area contributed by atoms with Gasteiger partial charge in [0.1, 0.15) is 4.88 Å². The summed E-state index contributed by atoms with van der Waals surface area (Å²) in [4.78, 5) is 15.2. The van der Waals surface area contributed by atoms with Crippen LogP contribution in [0.3, 0.4) is 0 Å². The fourth-order valence-corrected chi connectivity index (χ4v) is 2.92. The summed E-state index contributed by atoms with van der Waals surface area (Å²) in [5.74, 6) is 0.0919. The second-order valence-corrected chi connectivity index (χ2v) is 5.47. The number of rotatable bonds is 3. The Bertz CT molecular complexity index is 420. The van der Waals surface area contributed by atoms with E-state index in [1.54, 1.807) is 0 Å². The highest BCUT2D eigenvalue weighted by Crippen LogP contribution is 2.19. The van der Waals surface area contributed by atoms with Crippen molar-refractivity contribution in [1.82, 2.24) is 19.8 Å². The number of hydrogen-bond acceptors (Lipinski definition) is 5. The van der Waals surface area contributed by atoms with E-state index in [1.165, 1.54) is 11.5 Å². The van der Waals surface area contributed by atoms with Crippen molar-refractivity contribution in [3.8, 4) is 0 Å². The second-order valence-electron chi connectivity index (χ2n) is 4.72. The number of piperazine rings is 1.